The van der Waals surface area contributed by atoms with Gasteiger partial charge in [-0.15, -0.1) is 0 Å². The molecule has 0 aliphatic heterocycles. The molecule has 112 valence electrons. The van der Waals surface area contributed by atoms with Gasteiger partial charge in [-0.1, -0.05) is 43.0 Å². The summed E-state index contributed by atoms with van der Waals surface area (Å²) in [5, 5.41) is 10.8. The first-order valence-electron chi connectivity index (χ1n) is 7.26. The van der Waals surface area contributed by atoms with Crippen molar-refractivity contribution < 1.29 is 9.50 Å². The Hall–Kier alpha value is -0.640. The second-order valence-electron chi connectivity index (χ2n) is 5.99. The number of likely N-dealkylation sites (N-methyl/N-ethyl adjacent to an activating group) is 1. The van der Waals surface area contributed by atoms with Crippen LogP contribution in [-0.4, -0.2) is 35.7 Å². The number of hydrogen-bond acceptors (Lipinski definition) is 2. The Morgan fingerprint density at radius 2 is 1.95 bits per heavy atom. The second-order valence-corrected chi connectivity index (χ2v) is 6.40. The highest BCUT2D eigenvalue weighted by molar-refractivity contribution is 6.30. The van der Waals surface area contributed by atoms with E-state index in [1.54, 1.807) is 12.1 Å². The van der Waals surface area contributed by atoms with Gasteiger partial charge in [0.15, 0.2) is 0 Å². The van der Waals surface area contributed by atoms with Gasteiger partial charge < -0.3 is 10.0 Å². The fourth-order valence-corrected chi connectivity index (χ4v) is 3.54. The third-order valence-corrected chi connectivity index (χ3v) is 4.97. The zero-order chi connectivity index (χ0) is 14.8. The van der Waals surface area contributed by atoms with Crippen molar-refractivity contribution in [2.45, 2.75) is 50.2 Å². The van der Waals surface area contributed by atoms with Crippen LogP contribution in [0.5, 0.6) is 0 Å². The summed E-state index contributed by atoms with van der Waals surface area (Å²) in [5.74, 6) is -0.405. The second kappa shape index (κ2) is 6.42. The molecule has 1 aromatic carbocycles. The number of nitrogens with zero attached hydrogens (tertiary/aromatic N) is 1. The molecule has 0 spiro atoms. The number of halogens is 2. The zero-order valence-electron chi connectivity index (χ0n) is 12.2. The lowest BCUT2D eigenvalue weighted by atomic mass is 9.75. The van der Waals surface area contributed by atoms with Gasteiger partial charge in [0.1, 0.15) is 5.82 Å². The third kappa shape index (κ3) is 3.00. The number of aliphatic hydroxyl groups is 1. The molecule has 1 aromatic rings. The van der Waals surface area contributed by atoms with E-state index in [1.165, 1.54) is 12.5 Å². The van der Waals surface area contributed by atoms with Crippen LogP contribution in [0.1, 0.15) is 37.7 Å². The van der Waals surface area contributed by atoms with Crippen molar-refractivity contribution in [3.8, 4) is 0 Å². The summed E-state index contributed by atoms with van der Waals surface area (Å²) in [5.41, 5.74) is 0.254. The summed E-state index contributed by atoms with van der Waals surface area (Å²) in [7, 11) is 4.01. The molecule has 1 aliphatic carbocycles. The first kappa shape index (κ1) is 15.7. The topological polar surface area (TPSA) is 23.5 Å². The van der Waals surface area contributed by atoms with Crippen molar-refractivity contribution in [3.63, 3.8) is 0 Å². The van der Waals surface area contributed by atoms with E-state index in [9.17, 15) is 9.50 Å². The Morgan fingerprint density at radius 3 is 2.55 bits per heavy atom. The van der Waals surface area contributed by atoms with Crippen LogP contribution < -0.4 is 0 Å². The van der Waals surface area contributed by atoms with E-state index in [0.717, 1.165) is 25.7 Å². The van der Waals surface area contributed by atoms with Crippen molar-refractivity contribution in [1.82, 2.24) is 4.90 Å². The van der Waals surface area contributed by atoms with Crippen molar-refractivity contribution >= 4 is 11.6 Å². The van der Waals surface area contributed by atoms with Crippen LogP contribution >= 0.6 is 11.6 Å². The molecule has 20 heavy (non-hydrogen) atoms. The molecule has 0 aromatic heterocycles. The number of benzene rings is 1. The van der Waals surface area contributed by atoms with Crippen molar-refractivity contribution in [3.05, 3.63) is 34.6 Å². The Labute approximate surface area is 125 Å². The lowest BCUT2D eigenvalue weighted by molar-refractivity contribution is -0.0313. The molecule has 1 fully saturated rings. The standard InChI is InChI=1S/C16H23ClFNO/c1-19(2)16(9-4-3-5-10-16)14(20)11-12-7-6-8-13(17)15(12)18/h6-8,14,20H,3-5,9-11H2,1-2H3. The highest BCUT2D eigenvalue weighted by Crippen LogP contribution is 2.36. The van der Waals surface area contributed by atoms with Crippen LogP contribution in [-0.2, 0) is 6.42 Å². The lowest BCUT2D eigenvalue weighted by Gasteiger charge is -2.46. The van der Waals surface area contributed by atoms with Gasteiger partial charge in [-0.05, 0) is 38.6 Å². The molecule has 4 heteroatoms. The molecule has 1 N–H and O–H groups in total. The van der Waals surface area contributed by atoms with Crippen LogP contribution in [0.25, 0.3) is 0 Å². The summed E-state index contributed by atoms with van der Waals surface area (Å²) in [6, 6.07) is 4.97. The number of rotatable bonds is 4. The van der Waals surface area contributed by atoms with Crippen LogP contribution in [0, 0.1) is 5.82 Å². The molecule has 1 saturated carbocycles. The minimum Gasteiger partial charge on any atom is -0.391 e. The summed E-state index contributed by atoms with van der Waals surface area (Å²) in [4.78, 5) is 2.11. The van der Waals surface area contributed by atoms with Crippen molar-refractivity contribution in [2.75, 3.05) is 14.1 Å². The maximum atomic E-state index is 14.0. The van der Waals surface area contributed by atoms with E-state index in [-0.39, 0.29) is 10.6 Å². The SMILES string of the molecule is CN(C)C1(C(O)Cc2cccc(Cl)c2F)CCCCC1. The molecule has 2 nitrogen and oxygen atoms in total. The quantitative estimate of drug-likeness (QED) is 0.917. The molecule has 0 saturated heterocycles. The highest BCUT2D eigenvalue weighted by atomic mass is 35.5. The van der Waals surface area contributed by atoms with E-state index in [4.69, 9.17) is 11.6 Å². The summed E-state index contributed by atoms with van der Waals surface area (Å²) >= 11 is 5.81. The van der Waals surface area contributed by atoms with Gasteiger partial charge in [-0.2, -0.15) is 0 Å². The van der Waals surface area contributed by atoms with Crippen LogP contribution in [0.2, 0.25) is 5.02 Å². The van der Waals surface area contributed by atoms with Crippen LogP contribution in [0.15, 0.2) is 18.2 Å². The summed E-state index contributed by atoms with van der Waals surface area (Å²) in [6.45, 7) is 0. The molecular weight excluding hydrogens is 277 g/mol. The largest absolute Gasteiger partial charge is 0.391 e. The smallest absolute Gasteiger partial charge is 0.145 e. The average Bonchev–Trinajstić information content (AvgIpc) is 2.44. The van der Waals surface area contributed by atoms with Gasteiger partial charge in [-0.3, -0.25) is 0 Å². The zero-order valence-corrected chi connectivity index (χ0v) is 13.0. The highest BCUT2D eigenvalue weighted by Gasteiger charge is 2.41. The van der Waals surface area contributed by atoms with Gasteiger partial charge in [0.05, 0.1) is 11.1 Å². The Balaban J connectivity index is 2.20. The summed E-state index contributed by atoms with van der Waals surface area (Å²) in [6.07, 6.45) is 5.11. The Morgan fingerprint density at radius 1 is 1.30 bits per heavy atom. The Kier molecular flexibility index (Phi) is 5.05. The predicted octanol–water partition coefficient (Wildman–Crippen LogP) is 3.65. The molecule has 0 radical (unpaired) electrons. The fraction of sp³-hybridized carbons (Fsp3) is 0.625. The van der Waals surface area contributed by atoms with E-state index in [1.807, 2.05) is 14.1 Å². The maximum Gasteiger partial charge on any atom is 0.145 e. The van der Waals surface area contributed by atoms with Crippen molar-refractivity contribution in [2.24, 2.45) is 0 Å². The first-order valence-corrected chi connectivity index (χ1v) is 7.63. The maximum absolute atomic E-state index is 14.0. The van der Waals surface area contributed by atoms with Crippen LogP contribution in [0.4, 0.5) is 4.39 Å². The normalized spacial score (nSPS) is 20.1. The van der Waals surface area contributed by atoms with Gasteiger partial charge in [0.2, 0.25) is 0 Å². The molecule has 1 atom stereocenters. The molecule has 0 bridgehead atoms. The minimum atomic E-state index is -0.578. The van der Waals surface area contributed by atoms with E-state index < -0.39 is 11.9 Å². The van der Waals surface area contributed by atoms with E-state index >= 15 is 0 Å². The average molecular weight is 300 g/mol. The molecule has 0 heterocycles. The van der Waals surface area contributed by atoms with Gasteiger partial charge in [-0.25, -0.2) is 4.39 Å². The first-order chi connectivity index (χ1) is 9.47. The number of aliphatic hydroxyl groups excluding tert-OH is 1. The van der Waals surface area contributed by atoms with E-state index in [2.05, 4.69) is 4.90 Å². The van der Waals surface area contributed by atoms with Crippen molar-refractivity contribution in [1.29, 1.82) is 0 Å². The van der Waals surface area contributed by atoms with Gasteiger partial charge in [0.25, 0.3) is 0 Å². The number of hydrogen-bond donors (Lipinski definition) is 1. The molecular formula is C16H23ClFNO. The molecule has 1 unspecified atom stereocenters. The van der Waals surface area contributed by atoms with Gasteiger partial charge in [0, 0.05) is 12.0 Å². The predicted molar refractivity (Wildman–Crippen MR) is 80.6 cm³/mol. The molecule has 2 rings (SSSR count). The molecule has 1 aliphatic rings. The third-order valence-electron chi connectivity index (χ3n) is 4.68. The minimum absolute atomic E-state index is 0.122. The van der Waals surface area contributed by atoms with Crippen LogP contribution in [0.3, 0.4) is 0 Å². The molecule has 0 amide bonds. The van der Waals surface area contributed by atoms with E-state index in [0.29, 0.717) is 12.0 Å². The lowest BCUT2D eigenvalue weighted by Crippen LogP contribution is -2.55. The summed E-state index contributed by atoms with van der Waals surface area (Å²) < 4.78 is 14.0. The fourth-order valence-electron chi connectivity index (χ4n) is 3.35. The van der Waals surface area contributed by atoms with Gasteiger partial charge >= 0.3 is 0 Å². The monoisotopic (exact) mass is 299 g/mol. The Bertz CT molecular complexity index is 458.